The maximum absolute atomic E-state index is 12.0. The fourth-order valence-electron chi connectivity index (χ4n) is 1.82. The molecule has 0 fully saturated rings. The molecule has 0 saturated heterocycles. The molecule has 2 aromatic carbocycles. The van der Waals surface area contributed by atoms with Crippen molar-refractivity contribution in [3.63, 3.8) is 0 Å². The van der Waals surface area contributed by atoms with Crippen molar-refractivity contribution in [1.82, 2.24) is 5.43 Å². The van der Waals surface area contributed by atoms with Gasteiger partial charge in [0.1, 0.15) is 0 Å². The van der Waals surface area contributed by atoms with Crippen LogP contribution in [-0.2, 0) is 4.79 Å². The molecule has 2 amide bonds. The Hall–Kier alpha value is -2.37. The fraction of sp³-hybridized carbons (Fsp3) is 0.167. The highest BCUT2D eigenvalue weighted by Gasteiger charge is 2.08. The van der Waals surface area contributed by atoms with Crippen LogP contribution in [0.4, 0.5) is 5.69 Å². The Bertz CT molecular complexity index is 802. The molecule has 0 aliphatic heterocycles. The molecule has 0 aliphatic carbocycles. The fourth-order valence-corrected chi connectivity index (χ4v) is 2.28. The van der Waals surface area contributed by atoms with Gasteiger partial charge >= 0.3 is 0 Å². The molecule has 25 heavy (non-hydrogen) atoms. The van der Waals surface area contributed by atoms with E-state index in [0.717, 1.165) is 0 Å². The minimum Gasteiger partial charge on any atom is -0.326 e. The predicted octanol–water partition coefficient (Wildman–Crippen LogP) is 4.35. The molecule has 0 spiro atoms. The number of amides is 2. The number of hydrazone groups is 1. The van der Waals surface area contributed by atoms with E-state index in [1.165, 1.54) is 6.21 Å². The molecule has 130 valence electrons. The minimum atomic E-state index is -0.372. The maximum Gasteiger partial charge on any atom is 0.271 e. The highest BCUT2D eigenvalue weighted by atomic mass is 35.5. The number of nitrogens with one attached hydrogen (secondary N) is 2. The summed E-state index contributed by atoms with van der Waals surface area (Å²) in [5.41, 5.74) is 4.11. The number of hydrogen-bond donors (Lipinski definition) is 2. The molecule has 0 bridgehead atoms. The summed E-state index contributed by atoms with van der Waals surface area (Å²) in [7, 11) is 0. The molecule has 7 heteroatoms. The SMILES string of the molecule is CC(C)C(=O)Nc1ccc(C(=O)NN=Cc2ccc(Cl)cc2Cl)cc1. The summed E-state index contributed by atoms with van der Waals surface area (Å²) in [6.07, 6.45) is 1.44. The summed E-state index contributed by atoms with van der Waals surface area (Å²) in [5, 5.41) is 7.60. The zero-order chi connectivity index (χ0) is 18.4. The van der Waals surface area contributed by atoms with Crippen LogP contribution in [0.2, 0.25) is 10.0 Å². The summed E-state index contributed by atoms with van der Waals surface area (Å²) in [6.45, 7) is 3.62. The van der Waals surface area contributed by atoms with Gasteiger partial charge in [-0.2, -0.15) is 5.10 Å². The molecule has 2 aromatic rings. The van der Waals surface area contributed by atoms with Crippen LogP contribution in [0, 0.1) is 5.92 Å². The largest absolute Gasteiger partial charge is 0.326 e. The van der Waals surface area contributed by atoms with Crippen molar-refractivity contribution in [2.45, 2.75) is 13.8 Å². The second-order valence-corrected chi connectivity index (χ2v) is 6.43. The molecule has 0 radical (unpaired) electrons. The molecule has 2 N–H and O–H groups in total. The van der Waals surface area contributed by atoms with Crippen LogP contribution < -0.4 is 10.7 Å². The van der Waals surface area contributed by atoms with Crippen molar-refractivity contribution in [2.24, 2.45) is 11.0 Å². The van der Waals surface area contributed by atoms with E-state index in [9.17, 15) is 9.59 Å². The average Bonchev–Trinajstić information content (AvgIpc) is 2.57. The lowest BCUT2D eigenvalue weighted by Crippen LogP contribution is -2.19. The van der Waals surface area contributed by atoms with Crippen molar-refractivity contribution >= 4 is 46.9 Å². The van der Waals surface area contributed by atoms with E-state index in [4.69, 9.17) is 23.2 Å². The van der Waals surface area contributed by atoms with Crippen molar-refractivity contribution in [3.05, 3.63) is 63.6 Å². The van der Waals surface area contributed by atoms with Gasteiger partial charge in [0, 0.05) is 27.8 Å². The van der Waals surface area contributed by atoms with Gasteiger partial charge in [-0.05, 0) is 36.4 Å². The highest BCUT2D eigenvalue weighted by molar-refractivity contribution is 6.36. The van der Waals surface area contributed by atoms with Gasteiger partial charge in [0.15, 0.2) is 0 Å². The summed E-state index contributed by atoms with van der Waals surface area (Å²) < 4.78 is 0. The Morgan fingerprint density at radius 3 is 2.36 bits per heavy atom. The maximum atomic E-state index is 12.0. The number of halogens is 2. The number of benzene rings is 2. The Kier molecular flexibility index (Phi) is 6.56. The summed E-state index contributed by atoms with van der Waals surface area (Å²) in [4.78, 5) is 23.7. The molecule has 0 aromatic heterocycles. The van der Waals surface area contributed by atoms with Crippen molar-refractivity contribution in [3.8, 4) is 0 Å². The lowest BCUT2D eigenvalue weighted by Gasteiger charge is -2.08. The molecule has 0 unspecified atom stereocenters. The van der Waals surface area contributed by atoms with E-state index >= 15 is 0 Å². The zero-order valence-electron chi connectivity index (χ0n) is 13.7. The van der Waals surface area contributed by atoms with E-state index < -0.39 is 0 Å². The van der Waals surface area contributed by atoms with Gasteiger partial charge in [0.25, 0.3) is 5.91 Å². The van der Waals surface area contributed by atoms with E-state index in [2.05, 4.69) is 15.8 Å². The number of nitrogens with zero attached hydrogens (tertiary/aromatic N) is 1. The van der Waals surface area contributed by atoms with Gasteiger partial charge in [-0.25, -0.2) is 5.43 Å². The van der Waals surface area contributed by atoms with Crippen LogP contribution in [0.1, 0.15) is 29.8 Å². The molecular formula is C18H17Cl2N3O2. The number of anilines is 1. The van der Waals surface area contributed by atoms with Crippen LogP contribution in [-0.4, -0.2) is 18.0 Å². The third kappa shape index (κ3) is 5.59. The first kappa shape index (κ1) is 19.0. The number of carbonyl (C=O) groups excluding carboxylic acids is 2. The predicted molar refractivity (Wildman–Crippen MR) is 101 cm³/mol. The smallest absolute Gasteiger partial charge is 0.271 e. The van der Waals surface area contributed by atoms with Gasteiger partial charge in [-0.3, -0.25) is 9.59 Å². The Morgan fingerprint density at radius 2 is 1.76 bits per heavy atom. The first-order valence-electron chi connectivity index (χ1n) is 7.56. The number of hydrogen-bond acceptors (Lipinski definition) is 3. The lowest BCUT2D eigenvalue weighted by atomic mass is 10.1. The molecule has 0 saturated carbocycles. The van der Waals surface area contributed by atoms with Crippen molar-refractivity contribution < 1.29 is 9.59 Å². The first-order chi connectivity index (χ1) is 11.9. The van der Waals surface area contributed by atoms with Crippen LogP contribution in [0.25, 0.3) is 0 Å². The van der Waals surface area contributed by atoms with Crippen LogP contribution >= 0.6 is 23.2 Å². The third-order valence-corrected chi connectivity index (χ3v) is 3.83. The van der Waals surface area contributed by atoms with Crippen molar-refractivity contribution in [2.75, 3.05) is 5.32 Å². The lowest BCUT2D eigenvalue weighted by molar-refractivity contribution is -0.118. The van der Waals surface area contributed by atoms with Gasteiger partial charge in [-0.15, -0.1) is 0 Å². The van der Waals surface area contributed by atoms with Crippen molar-refractivity contribution in [1.29, 1.82) is 0 Å². The monoisotopic (exact) mass is 377 g/mol. The van der Waals surface area contributed by atoms with Crippen LogP contribution in [0.15, 0.2) is 47.6 Å². The zero-order valence-corrected chi connectivity index (χ0v) is 15.2. The van der Waals surface area contributed by atoms with E-state index in [1.54, 1.807) is 42.5 Å². The van der Waals surface area contributed by atoms with Crippen LogP contribution in [0.5, 0.6) is 0 Å². The summed E-state index contributed by atoms with van der Waals surface area (Å²) >= 11 is 11.8. The normalized spacial score (nSPS) is 10.9. The van der Waals surface area contributed by atoms with E-state index in [-0.39, 0.29) is 17.7 Å². The second-order valence-electron chi connectivity index (χ2n) is 5.59. The van der Waals surface area contributed by atoms with Gasteiger partial charge in [0.05, 0.1) is 11.2 Å². The quantitative estimate of drug-likeness (QED) is 0.600. The van der Waals surface area contributed by atoms with E-state index in [1.807, 2.05) is 13.8 Å². The third-order valence-electron chi connectivity index (χ3n) is 3.27. The first-order valence-corrected chi connectivity index (χ1v) is 8.32. The Labute approximate surface area is 156 Å². The second kappa shape index (κ2) is 8.65. The highest BCUT2D eigenvalue weighted by Crippen LogP contribution is 2.19. The molecule has 0 heterocycles. The Morgan fingerprint density at radius 1 is 1.08 bits per heavy atom. The summed E-state index contributed by atoms with van der Waals surface area (Å²) in [6, 6.07) is 11.5. The molecule has 2 rings (SSSR count). The minimum absolute atomic E-state index is 0.0818. The topological polar surface area (TPSA) is 70.6 Å². The molecular weight excluding hydrogens is 361 g/mol. The Balaban J connectivity index is 1.96. The molecule has 5 nitrogen and oxygen atoms in total. The van der Waals surface area contributed by atoms with Crippen LogP contribution in [0.3, 0.4) is 0 Å². The molecule has 0 atom stereocenters. The standard InChI is InChI=1S/C18H17Cl2N3O2/c1-11(2)17(24)22-15-7-4-12(5-8-15)18(25)23-21-10-13-3-6-14(19)9-16(13)20/h3-11H,1-2H3,(H,22,24)(H,23,25). The number of carbonyl (C=O) groups is 2. The van der Waals surface area contributed by atoms with Gasteiger partial charge in [0.2, 0.25) is 5.91 Å². The summed E-state index contributed by atoms with van der Waals surface area (Å²) in [5.74, 6) is -0.568. The molecule has 0 aliphatic rings. The van der Waals surface area contributed by atoms with E-state index in [0.29, 0.717) is 26.9 Å². The van der Waals surface area contributed by atoms with Gasteiger partial charge in [-0.1, -0.05) is 43.1 Å². The van der Waals surface area contributed by atoms with Gasteiger partial charge < -0.3 is 5.32 Å². The average molecular weight is 378 g/mol. The number of rotatable bonds is 5.